The van der Waals surface area contributed by atoms with E-state index in [1.807, 2.05) is 0 Å². The molecule has 0 fully saturated rings. The summed E-state index contributed by atoms with van der Waals surface area (Å²) in [6, 6.07) is 11.9. The molecule has 0 unspecified atom stereocenters. The van der Waals surface area contributed by atoms with E-state index in [4.69, 9.17) is 23.8 Å². The first-order valence-electron chi connectivity index (χ1n) is 7.36. The molecule has 0 spiro atoms. The van der Waals surface area contributed by atoms with Crippen LogP contribution >= 0.6 is 39.7 Å². The van der Waals surface area contributed by atoms with Gasteiger partial charge < -0.3 is 10.6 Å². The predicted molar refractivity (Wildman–Crippen MR) is 108 cm³/mol. The van der Waals surface area contributed by atoms with E-state index in [1.54, 1.807) is 49.4 Å². The first-order chi connectivity index (χ1) is 11.9. The molecule has 3 N–H and O–H groups in total. The maximum atomic E-state index is 12.1. The van der Waals surface area contributed by atoms with Gasteiger partial charge in [-0.05, 0) is 54.7 Å². The molecule has 25 heavy (non-hydrogen) atoms. The molecule has 0 saturated heterocycles. The van der Waals surface area contributed by atoms with Gasteiger partial charge in [-0.3, -0.25) is 14.9 Å². The molecule has 0 heterocycles. The monoisotopic (exact) mass is 439 g/mol. The molecular formula is C17H15BrClN3O2S. The molecule has 2 aromatic carbocycles. The third kappa shape index (κ3) is 5.81. The number of rotatable bonds is 4. The molecule has 2 amide bonds. The zero-order chi connectivity index (χ0) is 18.4. The fourth-order valence-corrected chi connectivity index (χ4v) is 2.51. The van der Waals surface area contributed by atoms with Crippen LogP contribution in [0, 0.1) is 0 Å². The van der Waals surface area contributed by atoms with Gasteiger partial charge in [0.15, 0.2) is 5.11 Å². The van der Waals surface area contributed by atoms with Gasteiger partial charge in [0.2, 0.25) is 5.91 Å². The zero-order valence-electron chi connectivity index (χ0n) is 13.2. The summed E-state index contributed by atoms with van der Waals surface area (Å²) in [6.45, 7) is 1.76. The highest BCUT2D eigenvalue weighted by Gasteiger charge is 2.10. The van der Waals surface area contributed by atoms with Crippen molar-refractivity contribution in [1.29, 1.82) is 0 Å². The van der Waals surface area contributed by atoms with Crippen molar-refractivity contribution in [1.82, 2.24) is 5.32 Å². The molecule has 8 heteroatoms. The van der Waals surface area contributed by atoms with Crippen LogP contribution in [0.5, 0.6) is 0 Å². The van der Waals surface area contributed by atoms with Crippen molar-refractivity contribution < 1.29 is 9.59 Å². The number of hydrogen-bond acceptors (Lipinski definition) is 3. The topological polar surface area (TPSA) is 70.2 Å². The van der Waals surface area contributed by atoms with Crippen molar-refractivity contribution >= 4 is 68.1 Å². The van der Waals surface area contributed by atoms with Crippen LogP contribution in [0.25, 0.3) is 0 Å². The Morgan fingerprint density at radius 1 is 1.12 bits per heavy atom. The zero-order valence-corrected chi connectivity index (χ0v) is 16.4. The van der Waals surface area contributed by atoms with Crippen molar-refractivity contribution in [2.45, 2.75) is 13.3 Å². The van der Waals surface area contributed by atoms with E-state index in [-0.39, 0.29) is 16.9 Å². The third-order valence-electron chi connectivity index (χ3n) is 3.15. The number of thiocarbonyl (C=S) groups is 1. The average molecular weight is 441 g/mol. The molecule has 0 aliphatic carbocycles. The Labute approximate surface area is 164 Å². The quantitative estimate of drug-likeness (QED) is 0.609. The third-order valence-corrected chi connectivity index (χ3v) is 4.22. The maximum Gasteiger partial charge on any atom is 0.257 e. The predicted octanol–water partition coefficient (Wildman–Crippen LogP) is 4.58. The molecule has 0 bridgehead atoms. The van der Waals surface area contributed by atoms with E-state index < -0.39 is 0 Å². The van der Waals surface area contributed by atoms with Crippen LogP contribution in [0.1, 0.15) is 23.7 Å². The van der Waals surface area contributed by atoms with E-state index in [2.05, 4.69) is 31.9 Å². The smallest absolute Gasteiger partial charge is 0.257 e. The molecule has 0 aromatic heterocycles. The van der Waals surface area contributed by atoms with Gasteiger partial charge in [-0.1, -0.05) is 34.5 Å². The van der Waals surface area contributed by atoms with Crippen molar-refractivity contribution in [2.24, 2.45) is 0 Å². The Bertz CT molecular complexity index is 812. The fourth-order valence-electron chi connectivity index (χ4n) is 1.88. The average Bonchev–Trinajstić information content (AvgIpc) is 2.58. The summed E-state index contributed by atoms with van der Waals surface area (Å²) in [5.41, 5.74) is 1.54. The highest BCUT2D eigenvalue weighted by molar-refractivity contribution is 9.10. The van der Waals surface area contributed by atoms with Gasteiger partial charge in [0, 0.05) is 22.1 Å². The summed E-state index contributed by atoms with van der Waals surface area (Å²) in [5.74, 6) is -0.448. The normalized spacial score (nSPS) is 10.0. The number of nitrogens with one attached hydrogen (secondary N) is 3. The number of halogens is 2. The van der Waals surface area contributed by atoms with Gasteiger partial charge >= 0.3 is 0 Å². The fraction of sp³-hybridized carbons (Fsp3) is 0.118. The molecule has 130 valence electrons. The minimum atomic E-state index is -0.337. The summed E-state index contributed by atoms with van der Waals surface area (Å²) >= 11 is 14.6. The second-order valence-electron chi connectivity index (χ2n) is 5.01. The highest BCUT2D eigenvalue weighted by Crippen LogP contribution is 2.25. The standard InChI is InChI=1S/C17H15BrClN3O2S/c1-2-15(23)20-12-7-8-13(19)14(9-12)21-17(25)22-16(24)10-3-5-11(18)6-4-10/h3-9H,2H2,1H3,(H,20,23)(H2,21,22,24,25). The lowest BCUT2D eigenvalue weighted by molar-refractivity contribution is -0.115. The van der Waals surface area contributed by atoms with Crippen molar-refractivity contribution in [3.05, 3.63) is 57.5 Å². The lowest BCUT2D eigenvalue weighted by Crippen LogP contribution is -2.34. The van der Waals surface area contributed by atoms with Crippen molar-refractivity contribution in [3.8, 4) is 0 Å². The Hall–Kier alpha value is -1.96. The molecule has 5 nitrogen and oxygen atoms in total. The van der Waals surface area contributed by atoms with Crippen molar-refractivity contribution in [2.75, 3.05) is 10.6 Å². The van der Waals surface area contributed by atoms with Crippen LogP contribution in [-0.2, 0) is 4.79 Å². The number of carbonyl (C=O) groups excluding carboxylic acids is 2. The van der Waals surface area contributed by atoms with Gasteiger partial charge in [-0.15, -0.1) is 0 Å². The molecule has 0 saturated carbocycles. The van der Waals surface area contributed by atoms with Crippen LogP contribution in [0.2, 0.25) is 5.02 Å². The Balaban J connectivity index is 2.04. The van der Waals surface area contributed by atoms with Crippen LogP contribution < -0.4 is 16.0 Å². The van der Waals surface area contributed by atoms with Gasteiger partial charge in [0.25, 0.3) is 5.91 Å². The van der Waals surface area contributed by atoms with Gasteiger partial charge in [0.1, 0.15) is 0 Å². The molecule has 2 aromatic rings. The number of anilines is 2. The summed E-state index contributed by atoms with van der Waals surface area (Å²) in [4.78, 5) is 23.6. The summed E-state index contributed by atoms with van der Waals surface area (Å²) in [6.07, 6.45) is 0.368. The van der Waals surface area contributed by atoms with E-state index in [1.165, 1.54) is 0 Å². The van der Waals surface area contributed by atoms with Crippen LogP contribution in [0.15, 0.2) is 46.9 Å². The number of benzene rings is 2. The molecular weight excluding hydrogens is 426 g/mol. The van der Waals surface area contributed by atoms with Gasteiger partial charge in [-0.2, -0.15) is 0 Å². The first kappa shape index (κ1) is 19.4. The van der Waals surface area contributed by atoms with Crippen LogP contribution in [-0.4, -0.2) is 16.9 Å². The summed E-state index contributed by atoms with van der Waals surface area (Å²) in [5, 5.41) is 8.69. The minimum Gasteiger partial charge on any atom is -0.331 e. The van der Waals surface area contributed by atoms with Gasteiger partial charge in [-0.25, -0.2) is 0 Å². The van der Waals surface area contributed by atoms with Gasteiger partial charge in [0.05, 0.1) is 10.7 Å². The van der Waals surface area contributed by atoms with E-state index >= 15 is 0 Å². The molecule has 0 aliphatic heterocycles. The van der Waals surface area contributed by atoms with E-state index in [0.717, 1.165) is 4.47 Å². The second-order valence-corrected chi connectivity index (χ2v) is 6.74. The highest BCUT2D eigenvalue weighted by atomic mass is 79.9. The molecule has 2 rings (SSSR count). The second kappa shape index (κ2) is 8.94. The van der Waals surface area contributed by atoms with Crippen LogP contribution in [0.3, 0.4) is 0 Å². The first-order valence-corrected chi connectivity index (χ1v) is 8.94. The van der Waals surface area contributed by atoms with Crippen LogP contribution in [0.4, 0.5) is 11.4 Å². The Morgan fingerprint density at radius 3 is 2.44 bits per heavy atom. The molecule has 0 aliphatic rings. The Morgan fingerprint density at radius 2 is 1.80 bits per heavy atom. The summed E-state index contributed by atoms with van der Waals surface area (Å²) in [7, 11) is 0. The van der Waals surface area contributed by atoms with Crippen molar-refractivity contribution in [3.63, 3.8) is 0 Å². The minimum absolute atomic E-state index is 0.105. The lowest BCUT2D eigenvalue weighted by atomic mass is 10.2. The molecule has 0 radical (unpaired) electrons. The summed E-state index contributed by atoms with van der Waals surface area (Å²) < 4.78 is 0.877. The van der Waals surface area contributed by atoms with E-state index in [0.29, 0.717) is 28.4 Å². The number of carbonyl (C=O) groups is 2. The maximum absolute atomic E-state index is 12.1. The largest absolute Gasteiger partial charge is 0.331 e. The SMILES string of the molecule is CCC(=O)Nc1ccc(Cl)c(NC(=S)NC(=O)c2ccc(Br)cc2)c1. The molecule has 0 atom stereocenters. The number of hydrogen-bond donors (Lipinski definition) is 3. The Kier molecular flexibility index (Phi) is 6.92. The number of amides is 2. The lowest BCUT2D eigenvalue weighted by Gasteiger charge is -2.13. The van der Waals surface area contributed by atoms with E-state index in [9.17, 15) is 9.59 Å².